The average molecular weight is 521 g/mol. The van der Waals surface area contributed by atoms with Crippen LogP contribution in [0.1, 0.15) is 44.0 Å². The molecule has 2 aromatic carbocycles. The molecular formula is C23H28N4O6S2. The summed E-state index contributed by atoms with van der Waals surface area (Å²) in [5.74, 6) is -0.452. The lowest BCUT2D eigenvalue weighted by Gasteiger charge is -2.16. The predicted molar refractivity (Wildman–Crippen MR) is 131 cm³/mol. The first-order chi connectivity index (χ1) is 16.5. The summed E-state index contributed by atoms with van der Waals surface area (Å²) in [5.41, 5.74) is 0.700. The molecule has 1 aromatic heterocycles. The number of anilines is 1. The number of hydrogen-bond donors (Lipinski definition) is 1. The zero-order valence-electron chi connectivity index (χ0n) is 19.9. The third-order valence-electron chi connectivity index (χ3n) is 5.35. The van der Waals surface area contributed by atoms with E-state index in [0.29, 0.717) is 12.1 Å². The van der Waals surface area contributed by atoms with Crippen molar-refractivity contribution >= 4 is 31.8 Å². The van der Waals surface area contributed by atoms with Gasteiger partial charge in [0.15, 0.2) is 9.84 Å². The number of carbonyl (C=O) groups excluding carboxylic acids is 1. The first-order valence-corrected chi connectivity index (χ1v) is 14.0. The molecule has 0 spiro atoms. The second-order valence-corrected chi connectivity index (χ2v) is 12.7. The highest BCUT2D eigenvalue weighted by atomic mass is 32.2. The molecule has 0 radical (unpaired) electrons. The van der Waals surface area contributed by atoms with Crippen molar-refractivity contribution < 1.29 is 26.0 Å². The minimum Gasteiger partial charge on any atom is -0.403 e. The number of aromatic nitrogens is 2. The highest BCUT2D eigenvalue weighted by molar-refractivity contribution is 7.92. The molecule has 3 rings (SSSR count). The van der Waals surface area contributed by atoms with Crippen LogP contribution in [0.25, 0.3) is 11.5 Å². The summed E-state index contributed by atoms with van der Waals surface area (Å²) in [6, 6.07) is 11.4. The number of carbonyl (C=O) groups is 1. The molecule has 0 aliphatic heterocycles. The summed E-state index contributed by atoms with van der Waals surface area (Å²) in [5, 5.41) is 9.61. The molecule has 1 N–H and O–H groups in total. The maximum Gasteiger partial charge on any atom is 0.322 e. The fourth-order valence-electron chi connectivity index (χ4n) is 3.08. The van der Waals surface area contributed by atoms with Crippen LogP contribution >= 0.6 is 0 Å². The van der Waals surface area contributed by atoms with E-state index in [2.05, 4.69) is 15.5 Å². The lowest BCUT2D eigenvalue weighted by Crippen LogP contribution is -2.28. The molecule has 10 nitrogen and oxygen atoms in total. The smallest absolute Gasteiger partial charge is 0.322 e. The molecule has 0 aliphatic carbocycles. The Morgan fingerprint density at radius 1 is 0.971 bits per heavy atom. The molecular weight excluding hydrogens is 492 g/mol. The van der Waals surface area contributed by atoms with Crippen molar-refractivity contribution in [1.29, 1.82) is 0 Å². The molecule has 0 unspecified atom stereocenters. The minimum atomic E-state index is -3.63. The Bertz CT molecular complexity index is 1380. The molecule has 0 fully saturated rings. The Kier molecular flexibility index (Phi) is 8.08. The standard InChI is InChI=1S/C23H28N4O6S2/c1-5-6-15-27(4)35(31,32)20-13-7-17(8-14-20)21(28)24-23-26-25-22(33-23)18-9-11-19(12-10-18)34(29,30)16(2)3/h7-14,16H,5-6,15H2,1-4H3,(H,24,26,28). The number of unbranched alkanes of at least 4 members (excludes halogenated alkanes) is 1. The van der Waals surface area contributed by atoms with Gasteiger partial charge in [-0.3, -0.25) is 10.1 Å². The average Bonchev–Trinajstić information content (AvgIpc) is 3.30. The highest BCUT2D eigenvalue weighted by Crippen LogP contribution is 2.24. The van der Waals surface area contributed by atoms with Crippen molar-refractivity contribution in [3.8, 4) is 11.5 Å². The van der Waals surface area contributed by atoms with Gasteiger partial charge in [-0.1, -0.05) is 18.4 Å². The zero-order valence-corrected chi connectivity index (χ0v) is 21.6. The van der Waals surface area contributed by atoms with E-state index in [-0.39, 0.29) is 27.3 Å². The van der Waals surface area contributed by atoms with Crippen LogP contribution in [0.15, 0.2) is 62.7 Å². The maximum atomic E-state index is 12.6. The molecule has 0 saturated heterocycles. The van der Waals surface area contributed by atoms with E-state index in [1.165, 1.54) is 47.8 Å². The van der Waals surface area contributed by atoms with Gasteiger partial charge >= 0.3 is 6.01 Å². The fourth-order valence-corrected chi connectivity index (χ4v) is 5.35. The molecule has 35 heavy (non-hydrogen) atoms. The second-order valence-electron chi connectivity index (χ2n) is 8.19. The van der Waals surface area contributed by atoms with Gasteiger partial charge in [0.2, 0.25) is 15.9 Å². The molecule has 3 aromatic rings. The molecule has 0 aliphatic rings. The predicted octanol–water partition coefficient (Wildman–Crippen LogP) is 3.59. The van der Waals surface area contributed by atoms with Crippen LogP contribution in [-0.4, -0.2) is 56.1 Å². The van der Waals surface area contributed by atoms with Gasteiger partial charge in [-0.05, 0) is 68.8 Å². The van der Waals surface area contributed by atoms with Crippen LogP contribution in [0.2, 0.25) is 0 Å². The van der Waals surface area contributed by atoms with E-state index >= 15 is 0 Å². The van der Waals surface area contributed by atoms with Crippen LogP contribution in [0, 0.1) is 0 Å². The highest BCUT2D eigenvalue weighted by Gasteiger charge is 2.22. The van der Waals surface area contributed by atoms with Gasteiger partial charge in [-0.15, -0.1) is 5.10 Å². The number of nitrogens with one attached hydrogen (secondary N) is 1. The summed E-state index contributed by atoms with van der Waals surface area (Å²) in [6.45, 7) is 5.61. The first-order valence-electron chi connectivity index (χ1n) is 11.0. The van der Waals surface area contributed by atoms with E-state index in [9.17, 15) is 21.6 Å². The number of sulfonamides is 1. The van der Waals surface area contributed by atoms with Gasteiger partial charge in [0.1, 0.15) is 0 Å². The maximum absolute atomic E-state index is 12.6. The van der Waals surface area contributed by atoms with Gasteiger partial charge in [0, 0.05) is 24.7 Å². The zero-order chi connectivity index (χ0) is 25.8. The fraction of sp³-hybridized carbons (Fsp3) is 0.348. The number of sulfone groups is 1. The van der Waals surface area contributed by atoms with Crippen LogP contribution in [0.3, 0.4) is 0 Å². The summed E-state index contributed by atoms with van der Waals surface area (Å²) < 4.78 is 56.5. The van der Waals surface area contributed by atoms with Crippen molar-refractivity contribution in [3.05, 3.63) is 54.1 Å². The number of rotatable bonds is 10. The van der Waals surface area contributed by atoms with Crippen molar-refractivity contribution in [1.82, 2.24) is 14.5 Å². The topological polar surface area (TPSA) is 140 Å². The Hall–Kier alpha value is -3.09. The third-order valence-corrected chi connectivity index (χ3v) is 9.39. The number of amides is 1. The Balaban J connectivity index is 1.69. The van der Waals surface area contributed by atoms with Crippen LogP contribution in [0.5, 0.6) is 0 Å². The van der Waals surface area contributed by atoms with Crippen molar-refractivity contribution in [2.45, 2.75) is 48.7 Å². The van der Waals surface area contributed by atoms with Crippen molar-refractivity contribution in [3.63, 3.8) is 0 Å². The van der Waals surface area contributed by atoms with Gasteiger partial charge in [0.25, 0.3) is 5.91 Å². The molecule has 12 heteroatoms. The molecule has 1 amide bonds. The Morgan fingerprint density at radius 3 is 2.14 bits per heavy atom. The molecule has 0 atom stereocenters. The SMILES string of the molecule is CCCCN(C)S(=O)(=O)c1ccc(C(=O)Nc2nnc(-c3ccc(S(=O)(=O)C(C)C)cc3)o2)cc1. The van der Waals surface area contributed by atoms with E-state index < -0.39 is 31.0 Å². The van der Waals surface area contributed by atoms with Gasteiger partial charge < -0.3 is 4.42 Å². The number of benzene rings is 2. The first kappa shape index (κ1) is 26.5. The Morgan fingerprint density at radius 2 is 1.57 bits per heavy atom. The summed E-state index contributed by atoms with van der Waals surface area (Å²) >= 11 is 0. The van der Waals surface area contributed by atoms with E-state index in [1.54, 1.807) is 26.0 Å². The Labute approximate surface area is 205 Å². The van der Waals surface area contributed by atoms with Crippen LogP contribution in [-0.2, 0) is 19.9 Å². The van der Waals surface area contributed by atoms with E-state index in [1.807, 2.05) is 6.92 Å². The van der Waals surface area contributed by atoms with Gasteiger partial charge in [-0.2, -0.15) is 0 Å². The monoisotopic (exact) mass is 520 g/mol. The second kappa shape index (κ2) is 10.7. The van der Waals surface area contributed by atoms with E-state index in [0.717, 1.165) is 12.8 Å². The number of hydrogen-bond acceptors (Lipinski definition) is 8. The van der Waals surface area contributed by atoms with Crippen molar-refractivity contribution in [2.75, 3.05) is 18.9 Å². The third kappa shape index (κ3) is 5.95. The largest absolute Gasteiger partial charge is 0.403 e. The molecule has 188 valence electrons. The lowest BCUT2D eigenvalue weighted by molar-refractivity contribution is 0.102. The molecule has 0 saturated carbocycles. The summed E-state index contributed by atoms with van der Waals surface area (Å²) in [7, 11) is -5.51. The molecule has 0 bridgehead atoms. The van der Waals surface area contributed by atoms with Gasteiger partial charge in [0.05, 0.1) is 15.0 Å². The summed E-state index contributed by atoms with van der Waals surface area (Å²) in [6.07, 6.45) is 1.63. The normalized spacial score (nSPS) is 12.3. The van der Waals surface area contributed by atoms with Crippen LogP contribution < -0.4 is 5.32 Å². The number of nitrogens with zero attached hydrogens (tertiary/aromatic N) is 3. The van der Waals surface area contributed by atoms with Gasteiger partial charge in [-0.25, -0.2) is 21.1 Å². The van der Waals surface area contributed by atoms with E-state index in [4.69, 9.17) is 4.42 Å². The minimum absolute atomic E-state index is 0.0932. The molecule has 1 heterocycles. The quantitative estimate of drug-likeness (QED) is 0.428. The lowest BCUT2D eigenvalue weighted by atomic mass is 10.2. The van der Waals surface area contributed by atoms with Crippen molar-refractivity contribution in [2.24, 2.45) is 0 Å². The van der Waals surface area contributed by atoms with Crippen LogP contribution in [0.4, 0.5) is 6.01 Å². The summed E-state index contributed by atoms with van der Waals surface area (Å²) in [4.78, 5) is 12.8.